The highest BCUT2D eigenvalue weighted by Gasteiger charge is 2.24. The van der Waals surface area contributed by atoms with Gasteiger partial charge in [-0.15, -0.1) is 0 Å². The molecule has 1 N–H and O–H groups in total. The highest BCUT2D eigenvalue weighted by atomic mass is 16.3. The Balaban J connectivity index is 2.39. The molecule has 0 spiro atoms. The zero-order valence-corrected chi connectivity index (χ0v) is 8.94. The molecular formula is C10H19N2O2. The van der Waals surface area contributed by atoms with Crippen LogP contribution in [0.2, 0.25) is 0 Å². The fourth-order valence-corrected chi connectivity index (χ4v) is 1.61. The molecule has 0 aromatic heterocycles. The molecule has 1 unspecified atom stereocenters. The van der Waals surface area contributed by atoms with E-state index < -0.39 is 6.23 Å². The first kappa shape index (κ1) is 11.5. The highest BCUT2D eigenvalue weighted by molar-refractivity contribution is 5.78. The van der Waals surface area contributed by atoms with Crippen LogP contribution in [-0.2, 0) is 4.79 Å². The Kier molecular flexibility index (Phi) is 3.89. The van der Waals surface area contributed by atoms with Crippen LogP contribution < -0.4 is 0 Å². The van der Waals surface area contributed by atoms with Crippen LogP contribution in [-0.4, -0.2) is 53.2 Å². The number of amides is 1. The van der Waals surface area contributed by atoms with E-state index in [2.05, 4.69) is 6.92 Å². The van der Waals surface area contributed by atoms with Crippen molar-refractivity contribution in [3.8, 4) is 0 Å². The van der Waals surface area contributed by atoms with Crippen LogP contribution in [0.3, 0.4) is 0 Å². The highest BCUT2D eigenvalue weighted by Crippen LogP contribution is 2.08. The maximum atomic E-state index is 11.6. The van der Waals surface area contributed by atoms with Gasteiger partial charge in [-0.2, -0.15) is 0 Å². The van der Waals surface area contributed by atoms with Crippen molar-refractivity contribution in [3.05, 3.63) is 6.92 Å². The van der Waals surface area contributed by atoms with E-state index in [1.54, 1.807) is 0 Å². The molecule has 1 atom stereocenters. The Bertz CT molecular complexity index is 196. The number of hydrogen-bond acceptors (Lipinski definition) is 3. The van der Waals surface area contributed by atoms with E-state index in [4.69, 9.17) is 0 Å². The molecule has 1 aliphatic rings. The molecule has 4 nitrogen and oxygen atoms in total. The van der Waals surface area contributed by atoms with E-state index in [9.17, 15) is 9.90 Å². The summed E-state index contributed by atoms with van der Waals surface area (Å²) in [5.74, 6) is 0.259. The minimum absolute atomic E-state index is 0.0613. The number of aliphatic hydroxyl groups is 1. The molecule has 1 heterocycles. The second-order valence-corrected chi connectivity index (χ2v) is 4.00. The molecule has 4 heteroatoms. The first-order chi connectivity index (χ1) is 6.52. The normalized spacial score (nSPS) is 21.4. The van der Waals surface area contributed by atoms with E-state index in [1.165, 1.54) is 0 Å². The standard InChI is InChI=1S/C10H19N2O2/c1-8(2)10(14)12-6-4-11(5-7-12)9(3)13/h8-9,13H,3-7H2,1-2H3. The van der Waals surface area contributed by atoms with Gasteiger partial charge in [0.15, 0.2) is 0 Å². The van der Waals surface area contributed by atoms with Gasteiger partial charge in [-0.1, -0.05) is 13.8 Å². The van der Waals surface area contributed by atoms with Crippen molar-refractivity contribution in [2.24, 2.45) is 5.92 Å². The summed E-state index contributed by atoms with van der Waals surface area (Å²) in [7, 11) is 0. The smallest absolute Gasteiger partial charge is 0.225 e. The third-order valence-electron chi connectivity index (χ3n) is 2.54. The summed E-state index contributed by atoms with van der Waals surface area (Å²) in [6, 6.07) is 0. The second kappa shape index (κ2) is 4.75. The summed E-state index contributed by atoms with van der Waals surface area (Å²) in [5, 5.41) is 9.22. The van der Waals surface area contributed by atoms with Gasteiger partial charge in [-0.25, -0.2) is 0 Å². The molecule has 1 aliphatic heterocycles. The number of nitrogens with zero attached hydrogens (tertiary/aromatic N) is 2. The van der Waals surface area contributed by atoms with Crippen LogP contribution in [0.5, 0.6) is 0 Å². The maximum Gasteiger partial charge on any atom is 0.225 e. The summed E-state index contributed by atoms with van der Waals surface area (Å²) in [6.07, 6.45) is -0.647. The fraction of sp³-hybridized carbons (Fsp3) is 0.800. The topological polar surface area (TPSA) is 43.8 Å². The van der Waals surface area contributed by atoms with Crippen molar-refractivity contribution in [3.63, 3.8) is 0 Å². The molecule has 0 aromatic rings. The minimum atomic E-state index is -0.647. The van der Waals surface area contributed by atoms with E-state index in [-0.39, 0.29) is 11.8 Å². The zero-order valence-electron chi connectivity index (χ0n) is 8.94. The second-order valence-electron chi connectivity index (χ2n) is 4.00. The van der Waals surface area contributed by atoms with Gasteiger partial charge >= 0.3 is 0 Å². The molecule has 0 saturated carbocycles. The van der Waals surface area contributed by atoms with Crippen molar-refractivity contribution in [2.45, 2.75) is 20.1 Å². The lowest BCUT2D eigenvalue weighted by Crippen LogP contribution is -2.52. The number of carbonyl (C=O) groups is 1. The van der Waals surface area contributed by atoms with Crippen molar-refractivity contribution in [1.29, 1.82) is 0 Å². The largest absolute Gasteiger partial charge is 0.378 e. The van der Waals surface area contributed by atoms with Gasteiger partial charge in [0, 0.05) is 32.1 Å². The van der Waals surface area contributed by atoms with Crippen molar-refractivity contribution in [1.82, 2.24) is 9.80 Å². The summed E-state index contributed by atoms with van der Waals surface area (Å²) in [5.41, 5.74) is 0. The van der Waals surface area contributed by atoms with E-state index >= 15 is 0 Å². The molecule has 0 aromatic carbocycles. The molecule has 1 rings (SSSR count). The van der Waals surface area contributed by atoms with Crippen LogP contribution >= 0.6 is 0 Å². The Morgan fingerprint density at radius 1 is 1.29 bits per heavy atom. The van der Waals surface area contributed by atoms with Gasteiger partial charge in [0.1, 0.15) is 6.23 Å². The fourth-order valence-electron chi connectivity index (χ4n) is 1.61. The van der Waals surface area contributed by atoms with Crippen molar-refractivity contribution in [2.75, 3.05) is 26.2 Å². The van der Waals surface area contributed by atoms with Gasteiger partial charge in [-0.3, -0.25) is 9.69 Å². The number of carbonyl (C=O) groups excluding carboxylic acids is 1. The quantitative estimate of drug-likeness (QED) is 0.677. The number of piperazine rings is 1. The van der Waals surface area contributed by atoms with Crippen molar-refractivity contribution < 1.29 is 9.90 Å². The number of rotatable bonds is 2. The zero-order chi connectivity index (χ0) is 10.7. The van der Waals surface area contributed by atoms with E-state index in [0.29, 0.717) is 26.2 Å². The molecule has 0 bridgehead atoms. The third-order valence-corrected chi connectivity index (χ3v) is 2.54. The maximum absolute atomic E-state index is 11.6. The lowest BCUT2D eigenvalue weighted by molar-refractivity contribution is -0.137. The molecule has 1 amide bonds. The van der Waals surface area contributed by atoms with E-state index in [1.807, 2.05) is 23.6 Å². The number of aliphatic hydroxyl groups excluding tert-OH is 1. The van der Waals surface area contributed by atoms with Crippen LogP contribution in [0.1, 0.15) is 13.8 Å². The molecule has 81 valence electrons. The molecule has 0 aliphatic carbocycles. The van der Waals surface area contributed by atoms with Gasteiger partial charge in [0.25, 0.3) is 0 Å². The Hall–Kier alpha value is -0.610. The van der Waals surface area contributed by atoms with Crippen LogP contribution in [0.25, 0.3) is 0 Å². The Labute approximate surface area is 85.5 Å². The lowest BCUT2D eigenvalue weighted by Gasteiger charge is -2.36. The van der Waals surface area contributed by atoms with Crippen LogP contribution in [0, 0.1) is 12.8 Å². The average Bonchev–Trinajstić information content (AvgIpc) is 2.16. The van der Waals surface area contributed by atoms with Crippen LogP contribution in [0.15, 0.2) is 0 Å². The van der Waals surface area contributed by atoms with Gasteiger partial charge in [0.05, 0.1) is 0 Å². The van der Waals surface area contributed by atoms with E-state index in [0.717, 1.165) is 0 Å². The Morgan fingerprint density at radius 3 is 2.14 bits per heavy atom. The van der Waals surface area contributed by atoms with Crippen LogP contribution in [0.4, 0.5) is 0 Å². The summed E-state index contributed by atoms with van der Waals surface area (Å²) in [6.45, 7) is 10.2. The third kappa shape index (κ3) is 2.69. The Morgan fingerprint density at radius 2 is 1.79 bits per heavy atom. The predicted octanol–water partition coefficient (Wildman–Crippen LogP) is -0.0609. The molecule has 1 saturated heterocycles. The molecule has 14 heavy (non-hydrogen) atoms. The van der Waals surface area contributed by atoms with Gasteiger partial charge in [0.2, 0.25) is 5.91 Å². The SMILES string of the molecule is [CH2]C(O)N1CCN(C(=O)C(C)C)CC1. The minimum Gasteiger partial charge on any atom is -0.378 e. The predicted molar refractivity (Wildman–Crippen MR) is 54.4 cm³/mol. The molecule has 1 radical (unpaired) electrons. The summed E-state index contributed by atoms with van der Waals surface area (Å²) >= 11 is 0. The first-order valence-corrected chi connectivity index (χ1v) is 5.06. The molecular weight excluding hydrogens is 180 g/mol. The average molecular weight is 199 g/mol. The first-order valence-electron chi connectivity index (χ1n) is 5.06. The van der Waals surface area contributed by atoms with Crippen molar-refractivity contribution >= 4 is 5.91 Å². The van der Waals surface area contributed by atoms with Gasteiger partial charge < -0.3 is 10.0 Å². The monoisotopic (exact) mass is 199 g/mol. The van der Waals surface area contributed by atoms with Gasteiger partial charge in [-0.05, 0) is 6.92 Å². The summed E-state index contributed by atoms with van der Waals surface area (Å²) in [4.78, 5) is 15.3. The molecule has 1 fully saturated rings. The summed E-state index contributed by atoms with van der Waals surface area (Å²) < 4.78 is 0. The number of hydrogen-bond donors (Lipinski definition) is 1. The lowest BCUT2D eigenvalue weighted by atomic mass is 10.1.